The molecular weight excluding hydrogens is 162 g/mol. The second kappa shape index (κ2) is 2.87. The van der Waals surface area contributed by atoms with Crippen molar-refractivity contribution in [3.8, 4) is 0 Å². The molecule has 1 aliphatic heterocycles. The average molecular weight is 175 g/mol. The van der Waals surface area contributed by atoms with Gasteiger partial charge in [0.25, 0.3) is 0 Å². The summed E-state index contributed by atoms with van der Waals surface area (Å²) in [5.41, 5.74) is 3.26. The molecule has 2 nitrogen and oxygen atoms in total. The highest BCUT2D eigenvalue weighted by Gasteiger charge is 2.18. The second-order valence-corrected chi connectivity index (χ2v) is 3.64. The van der Waals surface area contributed by atoms with Crippen molar-refractivity contribution in [2.75, 3.05) is 11.9 Å². The van der Waals surface area contributed by atoms with Gasteiger partial charge in [-0.3, -0.25) is 4.79 Å². The summed E-state index contributed by atoms with van der Waals surface area (Å²) < 4.78 is 0. The first-order valence-corrected chi connectivity index (χ1v) is 4.57. The number of ketones is 1. The SMILES string of the molecule is CC(=O)c1ccc2c(c1)C(C)CN2. The second-order valence-electron chi connectivity index (χ2n) is 3.64. The van der Waals surface area contributed by atoms with E-state index in [0.29, 0.717) is 5.92 Å². The first kappa shape index (κ1) is 8.30. The van der Waals surface area contributed by atoms with Crippen molar-refractivity contribution < 1.29 is 4.79 Å². The highest BCUT2D eigenvalue weighted by atomic mass is 16.1. The molecule has 68 valence electrons. The Hall–Kier alpha value is -1.31. The van der Waals surface area contributed by atoms with E-state index in [2.05, 4.69) is 12.2 Å². The summed E-state index contributed by atoms with van der Waals surface area (Å²) in [5.74, 6) is 0.663. The zero-order chi connectivity index (χ0) is 9.42. The third-order valence-electron chi connectivity index (χ3n) is 2.59. The fourth-order valence-electron chi connectivity index (χ4n) is 1.72. The monoisotopic (exact) mass is 175 g/mol. The van der Waals surface area contributed by atoms with Crippen molar-refractivity contribution in [1.29, 1.82) is 0 Å². The Morgan fingerprint density at radius 3 is 3.00 bits per heavy atom. The molecule has 13 heavy (non-hydrogen) atoms. The van der Waals surface area contributed by atoms with Gasteiger partial charge in [0.15, 0.2) is 5.78 Å². The number of hydrogen-bond donors (Lipinski definition) is 1. The Morgan fingerprint density at radius 2 is 2.31 bits per heavy atom. The van der Waals surface area contributed by atoms with Crippen LogP contribution in [0.15, 0.2) is 18.2 Å². The van der Waals surface area contributed by atoms with Gasteiger partial charge in [0, 0.05) is 23.7 Å². The number of hydrogen-bond acceptors (Lipinski definition) is 2. The highest BCUT2D eigenvalue weighted by Crippen LogP contribution is 2.31. The summed E-state index contributed by atoms with van der Waals surface area (Å²) in [6.45, 7) is 4.76. The van der Waals surface area contributed by atoms with Crippen LogP contribution >= 0.6 is 0 Å². The van der Waals surface area contributed by atoms with E-state index in [1.165, 1.54) is 11.3 Å². The molecule has 1 atom stereocenters. The highest BCUT2D eigenvalue weighted by molar-refractivity contribution is 5.94. The number of anilines is 1. The van der Waals surface area contributed by atoms with E-state index in [1.807, 2.05) is 18.2 Å². The fraction of sp³-hybridized carbons (Fsp3) is 0.364. The summed E-state index contributed by atoms with van der Waals surface area (Å²) in [5, 5.41) is 3.30. The Balaban J connectivity index is 2.47. The number of benzene rings is 1. The largest absolute Gasteiger partial charge is 0.384 e. The van der Waals surface area contributed by atoms with Crippen LogP contribution in [0.5, 0.6) is 0 Å². The third-order valence-corrected chi connectivity index (χ3v) is 2.59. The molecular formula is C11H13NO. The predicted octanol–water partition coefficient (Wildman–Crippen LogP) is 2.42. The van der Waals surface area contributed by atoms with E-state index in [1.54, 1.807) is 6.92 Å². The molecule has 1 aromatic rings. The molecule has 2 heteroatoms. The zero-order valence-electron chi connectivity index (χ0n) is 7.92. The van der Waals surface area contributed by atoms with Crippen LogP contribution in [-0.2, 0) is 0 Å². The molecule has 1 heterocycles. The molecule has 1 unspecified atom stereocenters. The number of fused-ring (bicyclic) bond motifs is 1. The van der Waals surface area contributed by atoms with E-state index in [9.17, 15) is 4.79 Å². The Labute approximate surface area is 78.0 Å². The van der Waals surface area contributed by atoms with Crippen molar-refractivity contribution in [2.45, 2.75) is 19.8 Å². The molecule has 0 spiro atoms. The summed E-state index contributed by atoms with van der Waals surface area (Å²) in [6, 6.07) is 5.88. The summed E-state index contributed by atoms with van der Waals surface area (Å²) >= 11 is 0. The van der Waals surface area contributed by atoms with E-state index in [0.717, 1.165) is 12.1 Å². The van der Waals surface area contributed by atoms with Gasteiger partial charge in [-0.05, 0) is 30.7 Å². The number of carbonyl (C=O) groups is 1. The molecule has 0 radical (unpaired) electrons. The molecule has 1 aromatic carbocycles. The van der Waals surface area contributed by atoms with Crippen molar-refractivity contribution in [2.24, 2.45) is 0 Å². The zero-order valence-corrected chi connectivity index (χ0v) is 7.92. The Kier molecular flexibility index (Phi) is 1.83. The van der Waals surface area contributed by atoms with Gasteiger partial charge in [-0.2, -0.15) is 0 Å². The van der Waals surface area contributed by atoms with Crippen LogP contribution in [0.4, 0.5) is 5.69 Å². The van der Waals surface area contributed by atoms with Crippen molar-refractivity contribution in [3.05, 3.63) is 29.3 Å². The van der Waals surface area contributed by atoms with Gasteiger partial charge >= 0.3 is 0 Å². The van der Waals surface area contributed by atoms with Crippen LogP contribution in [0.1, 0.15) is 35.7 Å². The summed E-state index contributed by atoms with van der Waals surface area (Å²) in [7, 11) is 0. The third kappa shape index (κ3) is 1.32. The first-order chi connectivity index (χ1) is 6.18. The smallest absolute Gasteiger partial charge is 0.159 e. The summed E-state index contributed by atoms with van der Waals surface area (Å²) in [4.78, 5) is 11.1. The van der Waals surface area contributed by atoms with Gasteiger partial charge in [-0.1, -0.05) is 6.92 Å². The number of rotatable bonds is 1. The van der Waals surface area contributed by atoms with Gasteiger partial charge in [0.1, 0.15) is 0 Å². The molecule has 2 rings (SSSR count). The molecule has 1 N–H and O–H groups in total. The Bertz CT molecular complexity index is 357. The maximum atomic E-state index is 11.1. The number of Topliss-reactive ketones (excluding diaryl/α,β-unsaturated/α-hetero) is 1. The minimum absolute atomic E-state index is 0.141. The van der Waals surface area contributed by atoms with Crippen LogP contribution in [0.2, 0.25) is 0 Å². The van der Waals surface area contributed by atoms with Gasteiger partial charge < -0.3 is 5.32 Å². The number of nitrogens with one attached hydrogen (secondary N) is 1. The average Bonchev–Trinajstić information content (AvgIpc) is 2.47. The quantitative estimate of drug-likeness (QED) is 0.664. The fourth-order valence-corrected chi connectivity index (χ4v) is 1.72. The lowest BCUT2D eigenvalue weighted by Gasteiger charge is -2.03. The van der Waals surface area contributed by atoms with E-state index < -0.39 is 0 Å². The minimum atomic E-state index is 0.141. The summed E-state index contributed by atoms with van der Waals surface area (Å²) in [6.07, 6.45) is 0. The predicted molar refractivity (Wildman–Crippen MR) is 53.4 cm³/mol. The molecule has 0 amide bonds. The molecule has 0 saturated heterocycles. The molecule has 1 aliphatic rings. The van der Waals surface area contributed by atoms with Crippen LogP contribution in [0, 0.1) is 0 Å². The lowest BCUT2D eigenvalue weighted by molar-refractivity contribution is 0.101. The van der Waals surface area contributed by atoms with Gasteiger partial charge in [0.2, 0.25) is 0 Å². The van der Waals surface area contributed by atoms with Crippen LogP contribution in [0.25, 0.3) is 0 Å². The lowest BCUT2D eigenvalue weighted by atomic mass is 10.00. The van der Waals surface area contributed by atoms with Gasteiger partial charge in [0.05, 0.1) is 0 Å². The van der Waals surface area contributed by atoms with E-state index in [-0.39, 0.29) is 5.78 Å². The minimum Gasteiger partial charge on any atom is -0.384 e. The molecule has 0 aliphatic carbocycles. The first-order valence-electron chi connectivity index (χ1n) is 4.57. The molecule has 0 bridgehead atoms. The van der Waals surface area contributed by atoms with Crippen molar-refractivity contribution in [1.82, 2.24) is 0 Å². The topological polar surface area (TPSA) is 29.1 Å². The number of carbonyl (C=O) groups excluding carboxylic acids is 1. The van der Waals surface area contributed by atoms with Gasteiger partial charge in [-0.25, -0.2) is 0 Å². The molecule has 0 saturated carbocycles. The molecule has 0 fully saturated rings. The van der Waals surface area contributed by atoms with E-state index >= 15 is 0 Å². The van der Waals surface area contributed by atoms with Crippen LogP contribution in [0.3, 0.4) is 0 Å². The standard InChI is InChI=1S/C11H13NO/c1-7-6-12-11-4-3-9(8(2)13)5-10(7)11/h3-5,7,12H,6H2,1-2H3. The van der Waals surface area contributed by atoms with Crippen molar-refractivity contribution >= 4 is 11.5 Å². The maximum Gasteiger partial charge on any atom is 0.159 e. The van der Waals surface area contributed by atoms with Gasteiger partial charge in [-0.15, -0.1) is 0 Å². The molecule has 0 aromatic heterocycles. The Morgan fingerprint density at radius 1 is 1.54 bits per heavy atom. The van der Waals surface area contributed by atoms with E-state index in [4.69, 9.17) is 0 Å². The van der Waals surface area contributed by atoms with Crippen LogP contribution in [-0.4, -0.2) is 12.3 Å². The maximum absolute atomic E-state index is 11.1. The lowest BCUT2D eigenvalue weighted by Crippen LogP contribution is -1.96. The van der Waals surface area contributed by atoms with Crippen LogP contribution < -0.4 is 5.32 Å². The van der Waals surface area contributed by atoms with Crippen molar-refractivity contribution in [3.63, 3.8) is 0 Å². The normalized spacial score (nSPS) is 19.4.